The van der Waals surface area contributed by atoms with Crippen molar-refractivity contribution < 1.29 is 15.0 Å². The van der Waals surface area contributed by atoms with Gasteiger partial charge in [-0.05, 0) is 18.2 Å². The van der Waals surface area contributed by atoms with E-state index in [1.807, 2.05) is 13.8 Å². The third-order valence-electron chi connectivity index (χ3n) is 2.19. The zero-order chi connectivity index (χ0) is 12.8. The van der Waals surface area contributed by atoms with Gasteiger partial charge in [0.05, 0.1) is 5.56 Å². The molecule has 4 N–H and O–H groups in total. The molecule has 0 aliphatic carbocycles. The van der Waals surface area contributed by atoms with Crippen molar-refractivity contribution in [1.29, 1.82) is 0 Å². The Kier molecular flexibility index (Phi) is 4.78. The van der Waals surface area contributed by atoms with Gasteiger partial charge >= 0.3 is 0 Å². The lowest BCUT2D eigenvalue weighted by Crippen LogP contribution is -2.34. The molecule has 0 spiro atoms. The number of carbonyl (C=O) groups excluding carboxylic acids is 1. The van der Waals surface area contributed by atoms with E-state index in [-0.39, 0.29) is 17.1 Å². The number of carbonyl (C=O) groups is 1. The molecular formula is C12H18N2O3. The maximum absolute atomic E-state index is 11.7. The maximum Gasteiger partial charge on any atom is 0.255 e. The summed E-state index contributed by atoms with van der Waals surface area (Å²) in [5, 5.41) is 24.5. The van der Waals surface area contributed by atoms with E-state index in [4.69, 9.17) is 0 Å². The van der Waals surface area contributed by atoms with Gasteiger partial charge in [0.25, 0.3) is 5.91 Å². The SMILES string of the molecule is CC(C)NCCNC(=O)c1cc(O)ccc1O. The normalized spacial score (nSPS) is 10.5. The minimum absolute atomic E-state index is 0.0479. The van der Waals surface area contributed by atoms with Crippen LogP contribution in [0.15, 0.2) is 18.2 Å². The Morgan fingerprint density at radius 2 is 2.00 bits per heavy atom. The Hall–Kier alpha value is -1.75. The number of aromatic hydroxyl groups is 2. The van der Waals surface area contributed by atoms with Crippen LogP contribution in [0.5, 0.6) is 11.5 Å². The third kappa shape index (κ3) is 4.32. The number of phenols is 2. The van der Waals surface area contributed by atoms with Crippen molar-refractivity contribution in [3.05, 3.63) is 23.8 Å². The average molecular weight is 238 g/mol. The van der Waals surface area contributed by atoms with Crippen LogP contribution in [0.4, 0.5) is 0 Å². The summed E-state index contributed by atoms with van der Waals surface area (Å²) in [5.74, 6) is -0.589. The first-order valence-corrected chi connectivity index (χ1v) is 5.54. The Morgan fingerprint density at radius 3 is 2.65 bits per heavy atom. The zero-order valence-corrected chi connectivity index (χ0v) is 10.0. The molecule has 5 heteroatoms. The molecule has 0 saturated heterocycles. The molecule has 0 radical (unpaired) electrons. The molecule has 1 rings (SSSR count). The molecule has 0 aromatic heterocycles. The van der Waals surface area contributed by atoms with Gasteiger partial charge < -0.3 is 20.8 Å². The highest BCUT2D eigenvalue weighted by atomic mass is 16.3. The van der Waals surface area contributed by atoms with Crippen LogP contribution >= 0.6 is 0 Å². The summed E-state index contributed by atoms with van der Waals surface area (Å²) in [6, 6.07) is 4.21. The van der Waals surface area contributed by atoms with Gasteiger partial charge in [-0.15, -0.1) is 0 Å². The lowest BCUT2D eigenvalue weighted by atomic mass is 10.2. The van der Waals surface area contributed by atoms with Crippen molar-refractivity contribution in [2.45, 2.75) is 19.9 Å². The summed E-state index contributed by atoms with van der Waals surface area (Å²) in [5.41, 5.74) is 0.0783. The van der Waals surface area contributed by atoms with Crippen molar-refractivity contribution in [3.8, 4) is 11.5 Å². The Balaban J connectivity index is 2.49. The summed E-state index contributed by atoms with van der Waals surface area (Å²) < 4.78 is 0. The molecule has 0 atom stereocenters. The first-order chi connectivity index (χ1) is 8.00. The topological polar surface area (TPSA) is 81.6 Å². The fourth-order valence-electron chi connectivity index (χ4n) is 1.34. The van der Waals surface area contributed by atoms with Crippen LogP contribution in [0.2, 0.25) is 0 Å². The van der Waals surface area contributed by atoms with Crippen molar-refractivity contribution in [2.24, 2.45) is 0 Å². The summed E-state index contributed by atoms with van der Waals surface area (Å²) >= 11 is 0. The Labute approximate surface area is 100 Å². The van der Waals surface area contributed by atoms with E-state index in [1.54, 1.807) is 0 Å². The van der Waals surface area contributed by atoms with E-state index in [1.165, 1.54) is 18.2 Å². The van der Waals surface area contributed by atoms with Crippen molar-refractivity contribution in [1.82, 2.24) is 10.6 Å². The van der Waals surface area contributed by atoms with Gasteiger partial charge in [-0.2, -0.15) is 0 Å². The number of nitrogens with one attached hydrogen (secondary N) is 2. The molecule has 0 fully saturated rings. The summed E-state index contributed by atoms with van der Waals surface area (Å²) in [6.45, 7) is 5.15. The molecule has 0 unspecified atom stereocenters. The first kappa shape index (κ1) is 13.3. The van der Waals surface area contributed by atoms with Crippen LogP contribution in [0, 0.1) is 0 Å². The van der Waals surface area contributed by atoms with Gasteiger partial charge in [-0.25, -0.2) is 0 Å². The minimum atomic E-state index is -0.399. The van der Waals surface area contributed by atoms with Gasteiger partial charge in [-0.3, -0.25) is 4.79 Å². The second-order valence-corrected chi connectivity index (χ2v) is 4.07. The largest absolute Gasteiger partial charge is 0.508 e. The van der Waals surface area contributed by atoms with Crippen molar-refractivity contribution in [2.75, 3.05) is 13.1 Å². The van der Waals surface area contributed by atoms with Gasteiger partial charge in [0.15, 0.2) is 0 Å². The highest BCUT2D eigenvalue weighted by Gasteiger charge is 2.11. The van der Waals surface area contributed by atoms with E-state index in [2.05, 4.69) is 10.6 Å². The maximum atomic E-state index is 11.7. The molecule has 1 aromatic rings. The van der Waals surface area contributed by atoms with E-state index >= 15 is 0 Å². The Morgan fingerprint density at radius 1 is 1.29 bits per heavy atom. The number of rotatable bonds is 5. The fourth-order valence-corrected chi connectivity index (χ4v) is 1.34. The first-order valence-electron chi connectivity index (χ1n) is 5.54. The van der Waals surface area contributed by atoms with E-state index in [0.29, 0.717) is 19.1 Å². The standard InChI is InChI=1S/C12H18N2O3/c1-8(2)13-5-6-14-12(17)10-7-9(15)3-4-11(10)16/h3-4,7-8,13,15-16H,5-6H2,1-2H3,(H,14,17). The molecule has 94 valence electrons. The molecule has 0 aliphatic rings. The molecule has 1 amide bonds. The van der Waals surface area contributed by atoms with E-state index in [9.17, 15) is 15.0 Å². The predicted molar refractivity (Wildman–Crippen MR) is 65.2 cm³/mol. The second kappa shape index (κ2) is 6.10. The number of hydrogen-bond acceptors (Lipinski definition) is 4. The lowest BCUT2D eigenvalue weighted by molar-refractivity contribution is 0.0950. The molecule has 1 aromatic carbocycles. The van der Waals surface area contributed by atoms with Crippen LogP contribution in [0.3, 0.4) is 0 Å². The number of amides is 1. The molecule has 17 heavy (non-hydrogen) atoms. The smallest absolute Gasteiger partial charge is 0.255 e. The fraction of sp³-hybridized carbons (Fsp3) is 0.417. The number of benzene rings is 1. The molecule has 0 aliphatic heterocycles. The summed E-state index contributed by atoms with van der Waals surface area (Å²) in [7, 11) is 0. The summed E-state index contributed by atoms with van der Waals surface area (Å²) in [4.78, 5) is 11.7. The summed E-state index contributed by atoms with van der Waals surface area (Å²) in [6.07, 6.45) is 0. The third-order valence-corrected chi connectivity index (χ3v) is 2.19. The van der Waals surface area contributed by atoms with E-state index in [0.717, 1.165) is 0 Å². The highest BCUT2D eigenvalue weighted by Crippen LogP contribution is 2.21. The molecule has 0 saturated carbocycles. The van der Waals surface area contributed by atoms with Crippen LogP contribution < -0.4 is 10.6 Å². The van der Waals surface area contributed by atoms with Crippen LogP contribution in [0.1, 0.15) is 24.2 Å². The predicted octanol–water partition coefficient (Wildman–Crippen LogP) is 0.826. The average Bonchev–Trinajstić information content (AvgIpc) is 2.27. The quantitative estimate of drug-likeness (QED) is 0.452. The zero-order valence-electron chi connectivity index (χ0n) is 10.0. The lowest BCUT2D eigenvalue weighted by Gasteiger charge is -2.10. The monoisotopic (exact) mass is 238 g/mol. The van der Waals surface area contributed by atoms with Crippen LogP contribution in [0.25, 0.3) is 0 Å². The van der Waals surface area contributed by atoms with Gasteiger partial charge in [0, 0.05) is 19.1 Å². The Bertz CT molecular complexity index is 391. The van der Waals surface area contributed by atoms with Crippen LogP contribution in [-0.4, -0.2) is 35.3 Å². The molecule has 0 heterocycles. The van der Waals surface area contributed by atoms with Gasteiger partial charge in [0.2, 0.25) is 0 Å². The molecular weight excluding hydrogens is 220 g/mol. The second-order valence-electron chi connectivity index (χ2n) is 4.07. The molecule has 0 bridgehead atoms. The number of phenolic OH excluding ortho intramolecular Hbond substituents is 2. The van der Waals surface area contributed by atoms with Crippen molar-refractivity contribution in [3.63, 3.8) is 0 Å². The van der Waals surface area contributed by atoms with Crippen molar-refractivity contribution >= 4 is 5.91 Å². The molecule has 5 nitrogen and oxygen atoms in total. The highest BCUT2D eigenvalue weighted by molar-refractivity contribution is 5.97. The van der Waals surface area contributed by atoms with Gasteiger partial charge in [-0.1, -0.05) is 13.8 Å². The minimum Gasteiger partial charge on any atom is -0.508 e. The van der Waals surface area contributed by atoms with Crippen LogP contribution in [-0.2, 0) is 0 Å². The van der Waals surface area contributed by atoms with E-state index < -0.39 is 5.91 Å². The van der Waals surface area contributed by atoms with Gasteiger partial charge in [0.1, 0.15) is 11.5 Å². The number of hydrogen-bond donors (Lipinski definition) is 4.